The molecule has 0 aliphatic carbocycles. The quantitative estimate of drug-likeness (QED) is 0.703. The highest BCUT2D eigenvalue weighted by Gasteiger charge is 2.06. The number of hydrogen-bond donors (Lipinski definition) is 3. The molecule has 0 bridgehead atoms. The molecule has 2 rings (SSSR count). The van der Waals surface area contributed by atoms with Crippen LogP contribution in [0.1, 0.15) is 19.7 Å². The van der Waals surface area contributed by atoms with Gasteiger partial charge in [0.15, 0.2) is 0 Å². The Labute approximate surface area is 123 Å². The van der Waals surface area contributed by atoms with Crippen molar-refractivity contribution in [2.75, 3.05) is 17.2 Å². The van der Waals surface area contributed by atoms with E-state index in [1.54, 1.807) is 6.20 Å². The summed E-state index contributed by atoms with van der Waals surface area (Å²) in [5, 5.41) is 28.9. The first-order chi connectivity index (χ1) is 10.2. The maximum absolute atomic E-state index is 9.13. The van der Waals surface area contributed by atoms with E-state index in [0.717, 1.165) is 17.9 Å². The van der Waals surface area contributed by atoms with Gasteiger partial charge in [0.2, 0.25) is 5.82 Å². The molecule has 0 aliphatic rings. The van der Waals surface area contributed by atoms with E-state index in [1.807, 2.05) is 30.3 Å². The van der Waals surface area contributed by atoms with Crippen molar-refractivity contribution in [2.45, 2.75) is 13.8 Å². The van der Waals surface area contributed by atoms with Gasteiger partial charge in [-0.05, 0) is 23.3 Å². The Kier molecular flexibility index (Phi) is 4.88. The topological polar surface area (TPSA) is 102 Å². The maximum Gasteiger partial charge on any atom is 0.216 e. The molecular formula is C14H17N7. The summed E-state index contributed by atoms with van der Waals surface area (Å²) < 4.78 is 0. The lowest BCUT2D eigenvalue weighted by molar-refractivity contribution is 0.689. The Bertz CT molecular complexity index is 638. The van der Waals surface area contributed by atoms with Crippen LogP contribution < -0.4 is 10.6 Å². The summed E-state index contributed by atoms with van der Waals surface area (Å²) in [5.41, 5.74) is 2.17. The molecule has 0 fully saturated rings. The van der Waals surface area contributed by atoms with E-state index in [2.05, 4.69) is 45.1 Å². The number of nitriles is 1. The summed E-state index contributed by atoms with van der Waals surface area (Å²) in [6, 6.07) is 9.85. The van der Waals surface area contributed by atoms with E-state index >= 15 is 0 Å². The van der Waals surface area contributed by atoms with Gasteiger partial charge >= 0.3 is 0 Å². The Morgan fingerprint density at radius 2 is 2.14 bits per heavy atom. The molecule has 0 saturated heterocycles. The molecule has 0 amide bonds. The molecule has 1 heterocycles. The third-order valence-corrected chi connectivity index (χ3v) is 2.71. The number of anilines is 2. The Balaban J connectivity index is 2.14. The van der Waals surface area contributed by atoms with Crippen LogP contribution in [0.15, 0.2) is 30.5 Å². The van der Waals surface area contributed by atoms with Crippen LogP contribution in [0, 0.1) is 17.2 Å². The van der Waals surface area contributed by atoms with Crippen molar-refractivity contribution in [1.29, 1.82) is 5.26 Å². The van der Waals surface area contributed by atoms with E-state index in [9.17, 15) is 0 Å². The highest BCUT2D eigenvalue weighted by atomic mass is 15.5. The second-order valence-corrected chi connectivity index (χ2v) is 4.87. The molecule has 0 spiro atoms. The molecule has 2 aromatic rings. The number of hydrogen-bond acceptors (Lipinski definition) is 6. The van der Waals surface area contributed by atoms with Gasteiger partial charge in [0.1, 0.15) is 11.6 Å². The molecule has 7 heteroatoms. The lowest BCUT2D eigenvalue weighted by Crippen LogP contribution is -2.09. The van der Waals surface area contributed by atoms with Crippen molar-refractivity contribution in [3.05, 3.63) is 36.3 Å². The van der Waals surface area contributed by atoms with Gasteiger partial charge in [-0.3, -0.25) is 0 Å². The third kappa shape index (κ3) is 4.04. The molecule has 0 unspecified atom stereocenters. The van der Waals surface area contributed by atoms with Gasteiger partial charge in [0, 0.05) is 12.7 Å². The predicted molar refractivity (Wildman–Crippen MR) is 81.2 cm³/mol. The minimum atomic E-state index is 0.262. The molecular weight excluding hydrogens is 266 g/mol. The Morgan fingerprint density at radius 1 is 1.38 bits per heavy atom. The SMILES string of the molecule is CC(C)CNc1ccccc1NC=C(C#N)c1nn[nH]n1. The average molecular weight is 283 g/mol. The normalized spacial score (nSPS) is 11.2. The second kappa shape index (κ2) is 7.05. The van der Waals surface area contributed by atoms with Gasteiger partial charge in [-0.15, -0.1) is 10.2 Å². The van der Waals surface area contributed by atoms with Gasteiger partial charge in [0.05, 0.1) is 11.4 Å². The van der Waals surface area contributed by atoms with Gasteiger partial charge < -0.3 is 10.6 Å². The van der Waals surface area contributed by atoms with E-state index in [1.165, 1.54) is 0 Å². The van der Waals surface area contributed by atoms with Gasteiger partial charge in [-0.2, -0.15) is 10.5 Å². The highest BCUT2D eigenvalue weighted by molar-refractivity contribution is 5.77. The number of para-hydroxylation sites is 2. The van der Waals surface area contributed by atoms with Crippen molar-refractivity contribution in [1.82, 2.24) is 20.6 Å². The zero-order chi connectivity index (χ0) is 15.1. The number of nitrogens with zero attached hydrogens (tertiary/aromatic N) is 4. The molecule has 1 aromatic carbocycles. The van der Waals surface area contributed by atoms with Crippen LogP contribution in [0.4, 0.5) is 11.4 Å². The fourth-order valence-corrected chi connectivity index (χ4v) is 1.65. The van der Waals surface area contributed by atoms with Crippen molar-refractivity contribution < 1.29 is 0 Å². The highest BCUT2D eigenvalue weighted by Crippen LogP contribution is 2.22. The first-order valence-corrected chi connectivity index (χ1v) is 6.64. The monoisotopic (exact) mass is 283 g/mol. The van der Waals surface area contributed by atoms with Crippen LogP contribution in [0.2, 0.25) is 0 Å². The zero-order valence-corrected chi connectivity index (χ0v) is 12.0. The van der Waals surface area contributed by atoms with Crippen molar-refractivity contribution in [3.63, 3.8) is 0 Å². The molecule has 1 aromatic heterocycles. The third-order valence-electron chi connectivity index (χ3n) is 2.71. The number of rotatable bonds is 6. The maximum atomic E-state index is 9.13. The van der Waals surface area contributed by atoms with E-state index in [-0.39, 0.29) is 5.82 Å². The predicted octanol–water partition coefficient (Wildman–Crippen LogP) is 2.24. The molecule has 3 N–H and O–H groups in total. The van der Waals surface area contributed by atoms with Crippen molar-refractivity contribution >= 4 is 16.9 Å². The number of benzene rings is 1. The van der Waals surface area contributed by atoms with Crippen LogP contribution in [0.25, 0.3) is 5.57 Å². The number of aromatic nitrogens is 4. The fraction of sp³-hybridized carbons (Fsp3) is 0.286. The van der Waals surface area contributed by atoms with Crippen LogP contribution in [-0.4, -0.2) is 27.2 Å². The molecule has 0 atom stereocenters. The minimum absolute atomic E-state index is 0.262. The van der Waals surface area contributed by atoms with Gasteiger partial charge in [-0.25, -0.2) is 0 Å². The molecule has 108 valence electrons. The lowest BCUT2D eigenvalue weighted by Gasteiger charge is -2.13. The number of allylic oxidation sites excluding steroid dienone is 1. The number of nitrogens with one attached hydrogen (secondary N) is 3. The number of aromatic amines is 1. The average Bonchev–Trinajstić information content (AvgIpc) is 3.01. The Hall–Kier alpha value is -2.88. The number of H-pyrrole nitrogens is 1. The second-order valence-electron chi connectivity index (χ2n) is 4.87. The first kappa shape index (κ1) is 14.5. The zero-order valence-electron chi connectivity index (χ0n) is 12.0. The van der Waals surface area contributed by atoms with Crippen molar-refractivity contribution in [2.24, 2.45) is 5.92 Å². The summed E-state index contributed by atoms with van der Waals surface area (Å²) in [6.45, 7) is 5.16. The molecule has 21 heavy (non-hydrogen) atoms. The lowest BCUT2D eigenvalue weighted by atomic mass is 10.2. The van der Waals surface area contributed by atoms with Crippen LogP contribution in [-0.2, 0) is 0 Å². The molecule has 0 radical (unpaired) electrons. The largest absolute Gasteiger partial charge is 0.383 e. The summed E-state index contributed by atoms with van der Waals surface area (Å²) in [5.74, 6) is 0.806. The van der Waals surface area contributed by atoms with Crippen LogP contribution >= 0.6 is 0 Å². The van der Waals surface area contributed by atoms with Crippen LogP contribution in [0.3, 0.4) is 0 Å². The standard InChI is InChI=1S/C14H17N7/c1-10(2)8-16-12-5-3-4-6-13(12)17-9-11(7-15)14-18-20-21-19-14/h3-6,9-10,16-17H,8H2,1-2H3,(H,18,19,20,21). The summed E-state index contributed by atoms with van der Waals surface area (Å²) in [6.07, 6.45) is 1.57. The number of tetrazole rings is 1. The summed E-state index contributed by atoms with van der Waals surface area (Å²) in [4.78, 5) is 0. The van der Waals surface area contributed by atoms with Crippen molar-refractivity contribution in [3.8, 4) is 6.07 Å². The summed E-state index contributed by atoms with van der Waals surface area (Å²) in [7, 11) is 0. The summed E-state index contributed by atoms with van der Waals surface area (Å²) >= 11 is 0. The molecule has 0 aliphatic heterocycles. The molecule has 0 saturated carbocycles. The van der Waals surface area contributed by atoms with E-state index < -0.39 is 0 Å². The van der Waals surface area contributed by atoms with E-state index in [0.29, 0.717) is 11.5 Å². The van der Waals surface area contributed by atoms with Crippen LogP contribution in [0.5, 0.6) is 0 Å². The van der Waals surface area contributed by atoms with Gasteiger partial charge in [0.25, 0.3) is 0 Å². The first-order valence-electron chi connectivity index (χ1n) is 6.64. The van der Waals surface area contributed by atoms with E-state index in [4.69, 9.17) is 5.26 Å². The minimum Gasteiger partial charge on any atom is -0.383 e. The Morgan fingerprint density at radius 3 is 2.76 bits per heavy atom. The smallest absolute Gasteiger partial charge is 0.216 e. The fourth-order valence-electron chi connectivity index (χ4n) is 1.65. The molecule has 7 nitrogen and oxygen atoms in total. The van der Waals surface area contributed by atoms with Gasteiger partial charge in [-0.1, -0.05) is 26.0 Å².